The van der Waals surface area contributed by atoms with E-state index < -0.39 is 22.5 Å². The Kier molecular flexibility index (Phi) is 7.97. The normalized spacial score (nSPS) is 10.8. The van der Waals surface area contributed by atoms with Gasteiger partial charge in [0.15, 0.2) is 0 Å². The third-order valence-electron chi connectivity index (χ3n) is 4.53. The van der Waals surface area contributed by atoms with Crippen LogP contribution in [0.15, 0.2) is 90.3 Å². The molecular formula is C24H23ClN2O5S. The van der Waals surface area contributed by atoms with Crippen LogP contribution in [0.1, 0.15) is 0 Å². The zero-order chi connectivity index (χ0) is 23.8. The summed E-state index contributed by atoms with van der Waals surface area (Å²) in [6, 6.07) is 19.1. The summed E-state index contributed by atoms with van der Waals surface area (Å²) in [7, 11) is -2.69. The van der Waals surface area contributed by atoms with E-state index in [1.165, 1.54) is 25.3 Å². The predicted molar refractivity (Wildman–Crippen MR) is 130 cm³/mol. The average Bonchev–Trinajstić information content (AvgIpc) is 2.82. The monoisotopic (exact) mass is 486 g/mol. The van der Waals surface area contributed by atoms with Gasteiger partial charge in [0.1, 0.15) is 24.7 Å². The second-order valence-electron chi connectivity index (χ2n) is 6.81. The van der Waals surface area contributed by atoms with Gasteiger partial charge in [-0.1, -0.05) is 42.5 Å². The first-order valence-corrected chi connectivity index (χ1v) is 11.7. The van der Waals surface area contributed by atoms with E-state index >= 15 is 0 Å². The van der Waals surface area contributed by atoms with Crippen molar-refractivity contribution < 1.29 is 22.7 Å². The summed E-state index contributed by atoms with van der Waals surface area (Å²) >= 11 is 6.14. The summed E-state index contributed by atoms with van der Waals surface area (Å²) < 4.78 is 38.7. The molecule has 0 heterocycles. The molecule has 3 aromatic carbocycles. The zero-order valence-electron chi connectivity index (χ0n) is 17.9. The van der Waals surface area contributed by atoms with Crippen molar-refractivity contribution in [3.63, 3.8) is 0 Å². The number of methoxy groups -OCH3 is 1. The van der Waals surface area contributed by atoms with Crippen LogP contribution in [0, 0.1) is 0 Å². The molecule has 0 aliphatic carbocycles. The van der Waals surface area contributed by atoms with E-state index in [1.54, 1.807) is 60.7 Å². The number of hydrogen-bond acceptors (Lipinski definition) is 5. The summed E-state index contributed by atoms with van der Waals surface area (Å²) in [6.07, 6.45) is 1.63. The number of nitrogens with zero attached hydrogens (tertiary/aromatic N) is 1. The molecule has 0 aliphatic rings. The Morgan fingerprint density at radius 1 is 1.09 bits per heavy atom. The van der Waals surface area contributed by atoms with Gasteiger partial charge in [0, 0.05) is 10.7 Å². The molecule has 0 atom stereocenters. The first-order valence-electron chi connectivity index (χ1n) is 9.90. The molecule has 0 saturated carbocycles. The minimum Gasteiger partial charge on any atom is -0.495 e. The summed E-state index contributed by atoms with van der Waals surface area (Å²) in [4.78, 5) is 12.9. The summed E-state index contributed by atoms with van der Waals surface area (Å²) in [5, 5.41) is 3.01. The van der Waals surface area contributed by atoms with Gasteiger partial charge in [0.05, 0.1) is 17.7 Å². The van der Waals surface area contributed by atoms with E-state index in [-0.39, 0.29) is 16.3 Å². The lowest BCUT2D eigenvalue weighted by atomic mass is 10.3. The fraction of sp³-hybridized carbons (Fsp3) is 0.125. The Bertz CT molecular complexity index is 1220. The lowest BCUT2D eigenvalue weighted by molar-refractivity contribution is -0.114. The van der Waals surface area contributed by atoms with Crippen LogP contribution in [0.3, 0.4) is 0 Å². The molecule has 3 rings (SSSR count). The van der Waals surface area contributed by atoms with Crippen LogP contribution in [0.2, 0.25) is 5.02 Å². The molecule has 0 fully saturated rings. The van der Waals surface area contributed by atoms with Crippen LogP contribution in [-0.4, -0.2) is 34.6 Å². The molecule has 33 heavy (non-hydrogen) atoms. The Morgan fingerprint density at radius 3 is 2.42 bits per heavy atom. The number of benzene rings is 3. The largest absolute Gasteiger partial charge is 0.495 e. The van der Waals surface area contributed by atoms with Gasteiger partial charge in [-0.15, -0.1) is 0 Å². The Morgan fingerprint density at radius 2 is 1.79 bits per heavy atom. The van der Waals surface area contributed by atoms with Gasteiger partial charge in [-0.25, -0.2) is 8.42 Å². The van der Waals surface area contributed by atoms with Gasteiger partial charge < -0.3 is 14.8 Å². The maximum atomic E-state index is 13.5. The Hall–Kier alpha value is -3.49. The summed E-state index contributed by atoms with van der Waals surface area (Å²) in [6.45, 7) is 3.45. The molecule has 0 bridgehead atoms. The van der Waals surface area contributed by atoms with E-state index in [4.69, 9.17) is 21.1 Å². The SMILES string of the molecule is C=CCOc1ccc(NC(=O)CN(c2cc(Cl)ccc2OC)S(=O)(=O)c2ccccc2)cc1. The van der Waals surface area contributed by atoms with Crippen LogP contribution < -0.4 is 19.1 Å². The Labute approximate surface area is 198 Å². The van der Waals surface area contributed by atoms with Crippen molar-refractivity contribution >= 4 is 38.9 Å². The molecule has 0 aliphatic heterocycles. The van der Waals surface area contributed by atoms with Crippen LogP contribution in [-0.2, 0) is 14.8 Å². The maximum Gasteiger partial charge on any atom is 0.264 e. The number of ether oxygens (including phenoxy) is 2. The molecule has 0 saturated heterocycles. The molecule has 9 heteroatoms. The minimum absolute atomic E-state index is 0.0311. The van der Waals surface area contributed by atoms with E-state index in [2.05, 4.69) is 11.9 Å². The quantitative estimate of drug-likeness (QED) is 0.418. The highest BCUT2D eigenvalue weighted by atomic mass is 35.5. The molecule has 1 N–H and O–H groups in total. The topological polar surface area (TPSA) is 84.9 Å². The predicted octanol–water partition coefficient (Wildman–Crippen LogP) is 4.75. The standard InChI is InChI=1S/C24H23ClN2O5S/c1-3-15-32-20-12-10-19(11-13-20)26-24(28)17-27(22-16-18(25)9-14-23(22)31-2)33(29,30)21-7-5-4-6-8-21/h3-14,16H,1,15,17H2,2H3,(H,26,28). The lowest BCUT2D eigenvalue weighted by Crippen LogP contribution is -2.38. The summed E-state index contributed by atoms with van der Waals surface area (Å²) in [5.74, 6) is 0.330. The minimum atomic E-state index is -4.10. The van der Waals surface area contributed by atoms with Gasteiger partial charge in [-0.3, -0.25) is 9.10 Å². The second kappa shape index (κ2) is 10.9. The van der Waals surface area contributed by atoms with E-state index in [0.29, 0.717) is 23.1 Å². The molecule has 172 valence electrons. The maximum absolute atomic E-state index is 13.5. The molecule has 0 radical (unpaired) electrons. The van der Waals surface area contributed by atoms with E-state index in [1.807, 2.05) is 0 Å². The fourth-order valence-electron chi connectivity index (χ4n) is 3.00. The number of sulfonamides is 1. The molecule has 1 amide bonds. The van der Waals surface area contributed by atoms with Gasteiger partial charge in [0.25, 0.3) is 10.0 Å². The number of anilines is 2. The molecule has 0 spiro atoms. The summed E-state index contributed by atoms with van der Waals surface area (Å²) in [5.41, 5.74) is 0.637. The molecule has 0 unspecified atom stereocenters. The Balaban J connectivity index is 1.91. The number of rotatable bonds is 10. The number of halogens is 1. The van der Waals surface area contributed by atoms with Crippen molar-refractivity contribution in [1.29, 1.82) is 0 Å². The highest BCUT2D eigenvalue weighted by molar-refractivity contribution is 7.92. The van der Waals surface area contributed by atoms with E-state index in [9.17, 15) is 13.2 Å². The second-order valence-corrected chi connectivity index (χ2v) is 9.11. The first-order chi connectivity index (χ1) is 15.8. The highest BCUT2D eigenvalue weighted by Crippen LogP contribution is 2.34. The molecule has 3 aromatic rings. The van der Waals surface area contributed by atoms with Crippen molar-refractivity contribution in [3.8, 4) is 11.5 Å². The van der Waals surface area contributed by atoms with Crippen LogP contribution >= 0.6 is 11.6 Å². The average molecular weight is 487 g/mol. The van der Waals surface area contributed by atoms with Crippen molar-refractivity contribution in [2.45, 2.75) is 4.90 Å². The number of amides is 1. The number of hydrogen-bond donors (Lipinski definition) is 1. The molecule has 0 aromatic heterocycles. The van der Waals surface area contributed by atoms with Crippen LogP contribution in [0.4, 0.5) is 11.4 Å². The number of carbonyl (C=O) groups excluding carboxylic acids is 1. The first kappa shape index (κ1) is 24.2. The van der Waals surface area contributed by atoms with Crippen LogP contribution in [0.5, 0.6) is 11.5 Å². The van der Waals surface area contributed by atoms with Crippen molar-refractivity contribution in [1.82, 2.24) is 0 Å². The van der Waals surface area contributed by atoms with Crippen LogP contribution in [0.25, 0.3) is 0 Å². The molecular weight excluding hydrogens is 464 g/mol. The van der Waals surface area contributed by atoms with Gasteiger partial charge in [-0.05, 0) is 54.6 Å². The third kappa shape index (κ3) is 6.06. The smallest absolute Gasteiger partial charge is 0.264 e. The van der Waals surface area contributed by atoms with Crippen molar-refractivity contribution in [3.05, 3.63) is 90.5 Å². The zero-order valence-corrected chi connectivity index (χ0v) is 19.5. The van der Waals surface area contributed by atoms with Gasteiger partial charge in [0.2, 0.25) is 5.91 Å². The van der Waals surface area contributed by atoms with Crippen molar-refractivity contribution in [2.75, 3.05) is 29.9 Å². The van der Waals surface area contributed by atoms with E-state index in [0.717, 1.165) is 4.31 Å². The molecule has 7 nitrogen and oxygen atoms in total. The highest BCUT2D eigenvalue weighted by Gasteiger charge is 2.29. The lowest BCUT2D eigenvalue weighted by Gasteiger charge is -2.26. The van der Waals surface area contributed by atoms with Gasteiger partial charge in [-0.2, -0.15) is 0 Å². The van der Waals surface area contributed by atoms with Gasteiger partial charge >= 0.3 is 0 Å². The fourth-order valence-corrected chi connectivity index (χ4v) is 4.61. The number of nitrogens with one attached hydrogen (secondary N) is 1. The third-order valence-corrected chi connectivity index (χ3v) is 6.54. The number of carbonyl (C=O) groups is 1. The van der Waals surface area contributed by atoms with Crippen molar-refractivity contribution in [2.24, 2.45) is 0 Å².